The van der Waals surface area contributed by atoms with Crippen LogP contribution in [-0.4, -0.2) is 30.9 Å². The Bertz CT molecular complexity index is 672. The smallest absolute Gasteiger partial charge is 0.275 e. The SMILES string of the molecule is COc1ccc(C(=O)N/N=C/COCc2ccccc2)c(O)c1. The predicted octanol–water partition coefficient (Wildman–Crippen LogP) is 2.33. The molecule has 2 rings (SSSR count). The van der Waals surface area contributed by atoms with Crippen LogP contribution < -0.4 is 10.2 Å². The Labute approximate surface area is 134 Å². The van der Waals surface area contributed by atoms with Gasteiger partial charge in [0.25, 0.3) is 5.91 Å². The number of amides is 1. The quantitative estimate of drug-likeness (QED) is 0.467. The normalized spacial score (nSPS) is 10.7. The Kier molecular flexibility index (Phi) is 6.14. The van der Waals surface area contributed by atoms with Gasteiger partial charge in [0.1, 0.15) is 11.5 Å². The van der Waals surface area contributed by atoms with Gasteiger partial charge in [-0.3, -0.25) is 4.79 Å². The lowest BCUT2D eigenvalue weighted by atomic mass is 10.2. The second-order valence-electron chi connectivity index (χ2n) is 4.64. The van der Waals surface area contributed by atoms with Gasteiger partial charge in [0.15, 0.2) is 0 Å². The minimum Gasteiger partial charge on any atom is -0.507 e. The number of carbonyl (C=O) groups is 1. The summed E-state index contributed by atoms with van der Waals surface area (Å²) in [7, 11) is 1.48. The second kappa shape index (κ2) is 8.55. The Morgan fingerprint density at radius 3 is 2.74 bits per heavy atom. The fraction of sp³-hybridized carbons (Fsp3) is 0.176. The molecular formula is C17H18N2O4. The van der Waals surface area contributed by atoms with Gasteiger partial charge in [0.05, 0.1) is 32.1 Å². The first-order valence-electron chi connectivity index (χ1n) is 7.01. The zero-order chi connectivity index (χ0) is 16.5. The number of ether oxygens (including phenoxy) is 2. The summed E-state index contributed by atoms with van der Waals surface area (Å²) in [6, 6.07) is 14.2. The number of methoxy groups -OCH3 is 1. The maximum Gasteiger partial charge on any atom is 0.275 e. The molecule has 0 unspecified atom stereocenters. The van der Waals surface area contributed by atoms with E-state index in [0.717, 1.165) is 5.56 Å². The summed E-state index contributed by atoms with van der Waals surface area (Å²) in [5, 5.41) is 13.5. The van der Waals surface area contributed by atoms with Gasteiger partial charge >= 0.3 is 0 Å². The number of hydrogen-bond donors (Lipinski definition) is 2. The zero-order valence-electron chi connectivity index (χ0n) is 12.7. The molecule has 23 heavy (non-hydrogen) atoms. The van der Waals surface area contributed by atoms with E-state index < -0.39 is 5.91 Å². The van der Waals surface area contributed by atoms with E-state index in [1.54, 1.807) is 6.07 Å². The number of aromatic hydroxyl groups is 1. The van der Waals surface area contributed by atoms with Crippen molar-refractivity contribution in [3.63, 3.8) is 0 Å². The first-order chi connectivity index (χ1) is 11.2. The van der Waals surface area contributed by atoms with Crippen LogP contribution in [0.1, 0.15) is 15.9 Å². The fourth-order valence-electron chi connectivity index (χ4n) is 1.84. The van der Waals surface area contributed by atoms with Gasteiger partial charge in [0.2, 0.25) is 0 Å². The lowest BCUT2D eigenvalue weighted by Gasteiger charge is -2.05. The molecule has 0 spiro atoms. The van der Waals surface area contributed by atoms with Crippen LogP contribution in [-0.2, 0) is 11.3 Å². The van der Waals surface area contributed by atoms with Crippen molar-refractivity contribution >= 4 is 12.1 Å². The maximum atomic E-state index is 11.9. The minimum atomic E-state index is -0.510. The van der Waals surface area contributed by atoms with Crippen LogP contribution in [0.25, 0.3) is 0 Å². The molecule has 0 heterocycles. The molecule has 2 aromatic carbocycles. The largest absolute Gasteiger partial charge is 0.507 e. The first kappa shape index (κ1) is 16.5. The van der Waals surface area contributed by atoms with Crippen LogP contribution in [0, 0.1) is 0 Å². The minimum absolute atomic E-state index is 0.119. The third-order valence-electron chi connectivity index (χ3n) is 3.01. The molecule has 6 heteroatoms. The van der Waals surface area contributed by atoms with E-state index in [9.17, 15) is 9.90 Å². The Morgan fingerprint density at radius 2 is 2.04 bits per heavy atom. The summed E-state index contributed by atoms with van der Waals surface area (Å²) in [5.41, 5.74) is 3.51. The van der Waals surface area contributed by atoms with Crippen LogP contribution in [0.15, 0.2) is 53.6 Å². The molecular weight excluding hydrogens is 296 g/mol. The van der Waals surface area contributed by atoms with E-state index in [2.05, 4.69) is 10.5 Å². The van der Waals surface area contributed by atoms with Crippen molar-refractivity contribution in [3.8, 4) is 11.5 Å². The standard InChI is InChI=1S/C17H18N2O4/c1-22-14-7-8-15(16(20)11-14)17(21)19-18-9-10-23-12-13-5-3-2-4-6-13/h2-9,11,20H,10,12H2,1H3,(H,19,21)/b18-9+. The van der Waals surface area contributed by atoms with Gasteiger partial charge in [-0.25, -0.2) is 5.43 Å². The van der Waals surface area contributed by atoms with Crippen molar-refractivity contribution in [3.05, 3.63) is 59.7 Å². The molecule has 2 aromatic rings. The van der Waals surface area contributed by atoms with Crippen LogP contribution in [0.2, 0.25) is 0 Å². The highest BCUT2D eigenvalue weighted by Crippen LogP contribution is 2.23. The molecule has 0 saturated carbocycles. The van der Waals surface area contributed by atoms with Gasteiger partial charge in [-0.05, 0) is 17.7 Å². The highest BCUT2D eigenvalue weighted by atomic mass is 16.5. The van der Waals surface area contributed by atoms with E-state index in [1.807, 2.05) is 30.3 Å². The fourth-order valence-corrected chi connectivity index (χ4v) is 1.84. The number of nitrogens with one attached hydrogen (secondary N) is 1. The van der Waals surface area contributed by atoms with Gasteiger partial charge in [-0.15, -0.1) is 0 Å². The molecule has 0 aromatic heterocycles. The average Bonchev–Trinajstić information content (AvgIpc) is 2.58. The summed E-state index contributed by atoms with van der Waals surface area (Å²) < 4.78 is 10.3. The summed E-state index contributed by atoms with van der Waals surface area (Å²) in [6.07, 6.45) is 1.45. The summed E-state index contributed by atoms with van der Waals surface area (Å²) in [4.78, 5) is 11.9. The van der Waals surface area contributed by atoms with E-state index >= 15 is 0 Å². The van der Waals surface area contributed by atoms with Gasteiger partial charge < -0.3 is 14.6 Å². The Balaban J connectivity index is 1.75. The van der Waals surface area contributed by atoms with Gasteiger partial charge in [-0.1, -0.05) is 30.3 Å². The number of phenols is 1. The Hall–Kier alpha value is -2.86. The van der Waals surface area contributed by atoms with E-state index in [4.69, 9.17) is 9.47 Å². The van der Waals surface area contributed by atoms with Crippen molar-refractivity contribution in [2.75, 3.05) is 13.7 Å². The van der Waals surface area contributed by atoms with Crippen molar-refractivity contribution < 1.29 is 19.4 Å². The molecule has 0 aliphatic heterocycles. The first-order valence-corrected chi connectivity index (χ1v) is 7.01. The molecule has 0 bridgehead atoms. The number of hydrazone groups is 1. The third-order valence-corrected chi connectivity index (χ3v) is 3.01. The number of carbonyl (C=O) groups excluding carboxylic acids is 1. The molecule has 0 radical (unpaired) electrons. The molecule has 0 atom stereocenters. The highest BCUT2D eigenvalue weighted by molar-refractivity contribution is 5.97. The van der Waals surface area contributed by atoms with Crippen molar-refractivity contribution in [2.45, 2.75) is 6.61 Å². The molecule has 6 nitrogen and oxygen atoms in total. The molecule has 0 aliphatic rings. The summed E-state index contributed by atoms with van der Waals surface area (Å²) in [5.74, 6) is -0.210. The summed E-state index contributed by atoms with van der Waals surface area (Å²) in [6.45, 7) is 0.740. The second-order valence-corrected chi connectivity index (χ2v) is 4.64. The molecule has 120 valence electrons. The number of benzene rings is 2. The van der Waals surface area contributed by atoms with E-state index in [0.29, 0.717) is 12.4 Å². The monoisotopic (exact) mass is 314 g/mol. The topological polar surface area (TPSA) is 80.2 Å². The average molecular weight is 314 g/mol. The van der Waals surface area contributed by atoms with Crippen molar-refractivity contribution in [2.24, 2.45) is 5.10 Å². The Morgan fingerprint density at radius 1 is 1.26 bits per heavy atom. The van der Waals surface area contributed by atoms with Crippen LogP contribution >= 0.6 is 0 Å². The number of nitrogens with zero attached hydrogens (tertiary/aromatic N) is 1. The van der Waals surface area contributed by atoms with Crippen LogP contribution in [0.5, 0.6) is 11.5 Å². The lowest BCUT2D eigenvalue weighted by molar-refractivity contribution is 0.0951. The van der Waals surface area contributed by atoms with Crippen LogP contribution in [0.4, 0.5) is 0 Å². The zero-order valence-corrected chi connectivity index (χ0v) is 12.7. The number of phenolic OH excluding ortho intramolecular Hbond substituents is 1. The highest BCUT2D eigenvalue weighted by Gasteiger charge is 2.10. The van der Waals surface area contributed by atoms with Crippen molar-refractivity contribution in [1.82, 2.24) is 5.43 Å². The van der Waals surface area contributed by atoms with Gasteiger partial charge in [0, 0.05) is 6.07 Å². The maximum absolute atomic E-state index is 11.9. The van der Waals surface area contributed by atoms with Crippen molar-refractivity contribution in [1.29, 1.82) is 0 Å². The number of rotatable bonds is 7. The van der Waals surface area contributed by atoms with E-state index in [1.165, 1.54) is 25.5 Å². The lowest BCUT2D eigenvalue weighted by Crippen LogP contribution is -2.18. The summed E-state index contributed by atoms with van der Waals surface area (Å²) >= 11 is 0. The molecule has 0 saturated heterocycles. The van der Waals surface area contributed by atoms with Gasteiger partial charge in [-0.2, -0.15) is 5.10 Å². The van der Waals surface area contributed by atoms with Crippen LogP contribution in [0.3, 0.4) is 0 Å². The molecule has 0 aliphatic carbocycles. The predicted molar refractivity (Wildman–Crippen MR) is 86.7 cm³/mol. The third kappa shape index (κ3) is 5.12. The molecule has 1 amide bonds. The number of hydrogen-bond acceptors (Lipinski definition) is 5. The molecule has 0 fully saturated rings. The molecule has 2 N–H and O–H groups in total. The van der Waals surface area contributed by atoms with E-state index in [-0.39, 0.29) is 17.9 Å².